The molecule has 0 aliphatic carbocycles. The lowest BCUT2D eigenvalue weighted by atomic mass is 10.2. The number of hydrogen-bond acceptors (Lipinski definition) is 5. The topological polar surface area (TPSA) is 89.9 Å². The molecule has 0 aliphatic heterocycles. The first-order chi connectivity index (χ1) is 7.27. The molecular formula is C9H8N5O-. The van der Waals surface area contributed by atoms with Gasteiger partial charge < -0.3 is 5.11 Å². The summed E-state index contributed by atoms with van der Waals surface area (Å²) in [4.78, 5) is 3.85. The Labute approximate surface area is 85.7 Å². The van der Waals surface area contributed by atoms with Crippen LogP contribution in [0.4, 0.5) is 5.69 Å². The smallest absolute Gasteiger partial charge is 0.206 e. The van der Waals surface area contributed by atoms with E-state index in [-0.39, 0.29) is 5.90 Å². The second kappa shape index (κ2) is 3.87. The average molecular weight is 202 g/mol. The minimum atomic E-state index is -0.258. The van der Waals surface area contributed by atoms with E-state index in [9.17, 15) is 5.11 Å². The van der Waals surface area contributed by atoms with E-state index < -0.39 is 0 Å². The molecule has 1 heterocycles. The third kappa shape index (κ3) is 1.98. The van der Waals surface area contributed by atoms with E-state index in [2.05, 4.69) is 25.6 Å². The van der Waals surface area contributed by atoms with Crippen LogP contribution in [0.2, 0.25) is 0 Å². The summed E-state index contributed by atoms with van der Waals surface area (Å²) in [6, 6.07) is 7.13. The van der Waals surface area contributed by atoms with Gasteiger partial charge in [0, 0.05) is 5.56 Å². The number of aromatic amines is 1. The van der Waals surface area contributed by atoms with Gasteiger partial charge in [-0.15, -0.1) is 10.2 Å². The highest BCUT2D eigenvalue weighted by molar-refractivity contribution is 5.78. The van der Waals surface area contributed by atoms with E-state index in [0.29, 0.717) is 17.1 Å². The summed E-state index contributed by atoms with van der Waals surface area (Å²) in [5, 5.41) is 24.4. The fourth-order valence-corrected chi connectivity index (χ4v) is 1.21. The first kappa shape index (κ1) is 9.32. The molecule has 2 aromatic rings. The Morgan fingerprint density at radius 2 is 2.20 bits per heavy atom. The van der Waals surface area contributed by atoms with Crippen LogP contribution in [-0.2, 0) is 0 Å². The zero-order chi connectivity index (χ0) is 10.7. The lowest BCUT2D eigenvalue weighted by Gasteiger charge is -2.05. The Morgan fingerprint density at radius 3 is 2.87 bits per heavy atom. The maximum absolute atomic E-state index is 10.9. The number of rotatable bonds is 2. The normalized spacial score (nSPS) is 11.7. The quantitative estimate of drug-likeness (QED) is 0.559. The zero-order valence-electron chi connectivity index (χ0n) is 8.01. The number of tetrazole rings is 1. The lowest BCUT2D eigenvalue weighted by molar-refractivity contribution is -0.215. The van der Waals surface area contributed by atoms with Crippen LogP contribution in [0, 0.1) is 0 Å². The van der Waals surface area contributed by atoms with Gasteiger partial charge in [0.15, 0.2) is 0 Å². The first-order valence-corrected chi connectivity index (χ1v) is 4.32. The third-order valence-electron chi connectivity index (χ3n) is 1.77. The molecule has 76 valence electrons. The zero-order valence-corrected chi connectivity index (χ0v) is 8.01. The molecule has 1 aromatic heterocycles. The lowest BCUT2D eigenvalue weighted by Crippen LogP contribution is -2.11. The Balaban J connectivity index is 2.52. The van der Waals surface area contributed by atoms with Gasteiger partial charge in [0.2, 0.25) is 5.82 Å². The van der Waals surface area contributed by atoms with Crippen LogP contribution in [0.5, 0.6) is 0 Å². The highest BCUT2D eigenvalue weighted by atomic mass is 16.3. The second-order valence-electron chi connectivity index (χ2n) is 2.88. The number of nitrogens with one attached hydrogen (secondary N) is 1. The summed E-state index contributed by atoms with van der Waals surface area (Å²) in [5.41, 5.74) is 1.23. The number of benzene rings is 1. The van der Waals surface area contributed by atoms with Crippen molar-refractivity contribution in [3.63, 3.8) is 0 Å². The number of aliphatic imine (C=N–C) groups is 1. The molecule has 0 amide bonds. The van der Waals surface area contributed by atoms with Crippen LogP contribution in [0.3, 0.4) is 0 Å². The molecule has 0 saturated carbocycles. The third-order valence-corrected chi connectivity index (χ3v) is 1.77. The van der Waals surface area contributed by atoms with Crippen LogP contribution >= 0.6 is 0 Å². The van der Waals surface area contributed by atoms with Gasteiger partial charge in [-0.05, 0) is 30.2 Å². The molecule has 1 N–H and O–H groups in total. The number of para-hydroxylation sites is 1. The van der Waals surface area contributed by atoms with Crippen LogP contribution in [0.1, 0.15) is 6.92 Å². The van der Waals surface area contributed by atoms with Gasteiger partial charge in [-0.2, -0.15) is 5.21 Å². The van der Waals surface area contributed by atoms with Gasteiger partial charge in [-0.1, -0.05) is 12.1 Å². The van der Waals surface area contributed by atoms with Crippen LogP contribution in [-0.4, -0.2) is 26.5 Å². The summed E-state index contributed by atoms with van der Waals surface area (Å²) in [7, 11) is 0. The van der Waals surface area contributed by atoms with Crippen molar-refractivity contribution in [2.75, 3.05) is 0 Å². The standard InChI is InChI=1S/C9H9N5O/c1-6(15)10-8-5-3-2-4-7(8)9-11-13-14-12-9/h2-5H,1H3,(H,10,15)(H,11,12,13,14)/p-1. The van der Waals surface area contributed by atoms with Crippen molar-refractivity contribution in [1.29, 1.82) is 0 Å². The summed E-state index contributed by atoms with van der Waals surface area (Å²) in [6.45, 7) is 1.40. The summed E-state index contributed by atoms with van der Waals surface area (Å²) in [5.74, 6) is 0.168. The number of nitrogens with zero attached hydrogens (tertiary/aromatic N) is 4. The summed E-state index contributed by atoms with van der Waals surface area (Å²) < 4.78 is 0. The minimum absolute atomic E-state index is 0.258. The molecule has 0 bridgehead atoms. The van der Waals surface area contributed by atoms with Crippen molar-refractivity contribution in [3.05, 3.63) is 24.3 Å². The summed E-state index contributed by atoms with van der Waals surface area (Å²) in [6.07, 6.45) is 0. The molecule has 6 nitrogen and oxygen atoms in total. The fourth-order valence-electron chi connectivity index (χ4n) is 1.21. The molecule has 6 heteroatoms. The SMILES string of the molecule is CC([O-])=Nc1ccccc1-c1nn[nH]n1. The molecule has 0 spiro atoms. The van der Waals surface area contributed by atoms with E-state index in [4.69, 9.17) is 0 Å². The first-order valence-electron chi connectivity index (χ1n) is 4.32. The van der Waals surface area contributed by atoms with Crippen molar-refractivity contribution < 1.29 is 5.11 Å². The minimum Gasteiger partial charge on any atom is -0.862 e. The van der Waals surface area contributed by atoms with Crippen molar-refractivity contribution >= 4 is 11.6 Å². The number of hydrogen-bond donors (Lipinski definition) is 1. The largest absolute Gasteiger partial charge is 0.862 e. The van der Waals surface area contributed by atoms with Crippen molar-refractivity contribution in [2.24, 2.45) is 4.99 Å². The van der Waals surface area contributed by atoms with Gasteiger partial charge >= 0.3 is 0 Å². The van der Waals surface area contributed by atoms with Gasteiger partial charge in [-0.25, -0.2) is 0 Å². The predicted octanol–water partition coefficient (Wildman–Crippen LogP) is 0.277. The maximum Gasteiger partial charge on any atom is 0.206 e. The van der Waals surface area contributed by atoms with E-state index in [1.54, 1.807) is 18.2 Å². The molecule has 0 unspecified atom stereocenters. The van der Waals surface area contributed by atoms with E-state index in [0.717, 1.165) is 0 Å². The Bertz CT molecular complexity index is 473. The van der Waals surface area contributed by atoms with E-state index in [1.165, 1.54) is 6.92 Å². The fraction of sp³-hybridized carbons (Fsp3) is 0.111. The molecule has 1 aromatic carbocycles. The molecule has 0 radical (unpaired) electrons. The van der Waals surface area contributed by atoms with Crippen molar-refractivity contribution in [2.45, 2.75) is 6.92 Å². The number of aromatic nitrogens is 4. The molecule has 2 rings (SSSR count). The van der Waals surface area contributed by atoms with Gasteiger partial charge in [0.1, 0.15) is 0 Å². The Morgan fingerprint density at radius 1 is 1.40 bits per heavy atom. The summed E-state index contributed by atoms with van der Waals surface area (Å²) >= 11 is 0. The second-order valence-corrected chi connectivity index (χ2v) is 2.88. The average Bonchev–Trinajstić information content (AvgIpc) is 2.70. The highest BCUT2D eigenvalue weighted by Gasteiger charge is 2.06. The van der Waals surface area contributed by atoms with E-state index >= 15 is 0 Å². The maximum atomic E-state index is 10.9. The van der Waals surface area contributed by atoms with Crippen molar-refractivity contribution in [1.82, 2.24) is 20.6 Å². The molecule has 15 heavy (non-hydrogen) atoms. The molecule has 0 fully saturated rings. The highest BCUT2D eigenvalue weighted by Crippen LogP contribution is 2.26. The van der Waals surface area contributed by atoms with Crippen LogP contribution < -0.4 is 5.11 Å². The Hall–Kier alpha value is -2.24. The molecule has 0 saturated heterocycles. The van der Waals surface area contributed by atoms with Gasteiger partial charge in [0.05, 0.1) is 5.69 Å². The van der Waals surface area contributed by atoms with E-state index in [1.807, 2.05) is 6.07 Å². The van der Waals surface area contributed by atoms with Crippen LogP contribution in [0.25, 0.3) is 11.4 Å². The number of H-pyrrole nitrogens is 1. The Kier molecular flexibility index (Phi) is 2.40. The molecule has 0 aliphatic rings. The van der Waals surface area contributed by atoms with Gasteiger partial charge in [-0.3, -0.25) is 4.99 Å². The molecular weight excluding hydrogens is 194 g/mol. The predicted molar refractivity (Wildman–Crippen MR) is 52.4 cm³/mol. The van der Waals surface area contributed by atoms with Gasteiger partial charge in [0.25, 0.3) is 0 Å². The van der Waals surface area contributed by atoms with Crippen molar-refractivity contribution in [3.8, 4) is 11.4 Å². The monoisotopic (exact) mass is 202 g/mol. The molecule has 0 atom stereocenters. The van der Waals surface area contributed by atoms with Crippen LogP contribution in [0.15, 0.2) is 29.3 Å².